The number of nitrogens with two attached hydrogens (primary N) is 1. The summed E-state index contributed by atoms with van der Waals surface area (Å²) < 4.78 is 41.8. The summed E-state index contributed by atoms with van der Waals surface area (Å²) >= 11 is 1.27. The van der Waals surface area contributed by atoms with E-state index in [9.17, 15) is 9.59 Å². The van der Waals surface area contributed by atoms with Crippen molar-refractivity contribution in [1.29, 1.82) is 0 Å². The molecule has 2 saturated heterocycles. The van der Waals surface area contributed by atoms with Gasteiger partial charge in [0.25, 0.3) is 11.8 Å². The van der Waals surface area contributed by atoms with Crippen LogP contribution in [0, 0.1) is 18.8 Å². The number of anilines is 2. The number of hydrogen-bond acceptors (Lipinski definition) is 8. The average Bonchev–Trinajstić information content (AvgIpc) is 3.22. The van der Waals surface area contributed by atoms with Crippen LogP contribution in [0.25, 0.3) is 10.2 Å². The number of nitrogens with zero attached hydrogens (tertiary/aromatic N) is 3. The van der Waals surface area contributed by atoms with Crippen LogP contribution in [0.3, 0.4) is 0 Å². The Morgan fingerprint density at radius 2 is 1.86 bits per heavy atom. The fraction of sp³-hybridized carbons (Fsp3) is 0.500. The molecule has 0 saturated carbocycles. The number of fused-ring (bicyclic) bond motifs is 4. The fourth-order valence-electron chi connectivity index (χ4n) is 5.99. The van der Waals surface area contributed by atoms with Crippen molar-refractivity contribution in [2.75, 3.05) is 43.4 Å². The second kappa shape index (κ2) is 10.3. The molecule has 0 spiro atoms. The van der Waals surface area contributed by atoms with Gasteiger partial charge < -0.3 is 30.3 Å². The number of carbonyl (C=O) groups is 2. The van der Waals surface area contributed by atoms with Gasteiger partial charge in [-0.2, -0.15) is 0 Å². The highest BCUT2D eigenvalue weighted by Gasteiger charge is 2.56. The molecule has 12 heteroatoms. The molecule has 0 radical (unpaired) electrons. The number of aromatic nitrogens is 1. The number of benzene rings is 1. The normalized spacial score (nSPS) is 23.2. The van der Waals surface area contributed by atoms with E-state index in [0.717, 1.165) is 27.2 Å². The van der Waals surface area contributed by atoms with Gasteiger partial charge in [0, 0.05) is 49.0 Å². The van der Waals surface area contributed by atoms with Gasteiger partial charge in [-0.05, 0) is 57.9 Å². The zero-order chi connectivity index (χ0) is 30.0. The number of thiophene rings is 1. The van der Waals surface area contributed by atoms with Gasteiger partial charge in [0.15, 0.2) is 0 Å². The molecule has 3 unspecified atom stereocenters. The van der Waals surface area contributed by atoms with Crippen molar-refractivity contribution in [2.24, 2.45) is 11.8 Å². The van der Waals surface area contributed by atoms with Crippen LogP contribution in [0.5, 0.6) is 5.75 Å². The highest BCUT2D eigenvalue weighted by atomic mass is 32.1. The van der Waals surface area contributed by atoms with E-state index in [4.69, 9.17) is 15.2 Å². The number of aryl methyl sites for hydroxylation is 1. The molecular formula is C30H35F2N5O4S. The van der Waals surface area contributed by atoms with Crippen LogP contribution >= 0.6 is 11.3 Å². The molecule has 2 fully saturated rings. The third kappa shape index (κ3) is 5.32. The Balaban J connectivity index is 1.12. The topological polar surface area (TPSA) is 110 Å². The van der Waals surface area contributed by atoms with Gasteiger partial charge in [-0.25, -0.2) is 18.6 Å². The van der Waals surface area contributed by atoms with Crippen LogP contribution in [-0.2, 0) is 11.2 Å². The third-order valence-electron chi connectivity index (χ3n) is 8.10. The van der Waals surface area contributed by atoms with Crippen LogP contribution in [0.4, 0.5) is 25.0 Å². The SMILES string of the molecule is Cc1ccc2c(N)c(C(=O)NC3COc4cc(N5CC6CN(C(=O)OC(C)(C)C)CC(C5)C6(F)F)ccc4C3)sc2n1. The summed E-state index contributed by atoms with van der Waals surface area (Å²) in [4.78, 5) is 34.7. The Hall–Kier alpha value is -3.67. The molecule has 3 aliphatic heterocycles. The van der Waals surface area contributed by atoms with Crippen LogP contribution in [0.15, 0.2) is 30.3 Å². The minimum Gasteiger partial charge on any atom is -0.491 e. The first-order valence-corrected chi connectivity index (χ1v) is 14.9. The number of nitrogen functional groups attached to an aromatic ring is 1. The van der Waals surface area contributed by atoms with E-state index >= 15 is 8.78 Å². The van der Waals surface area contributed by atoms with Crippen molar-refractivity contribution in [3.05, 3.63) is 46.5 Å². The van der Waals surface area contributed by atoms with Crippen molar-refractivity contribution in [1.82, 2.24) is 15.2 Å². The molecule has 9 nitrogen and oxygen atoms in total. The molecular weight excluding hydrogens is 564 g/mol. The highest BCUT2D eigenvalue weighted by molar-refractivity contribution is 7.21. The lowest BCUT2D eigenvalue weighted by molar-refractivity contribution is -0.154. The van der Waals surface area contributed by atoms with Crippen LogP contribution in [0.2, 0.25) is 0 Å². The van der Waals surface area contributed by atoms with E-state index in [1.165, 1.54) is 16.2 Å². The lowest BCUT2D eigenvalue weighted by atomic mass is 9.80. The summed E-state index contributed by atoms with van der Waals surface area (Å²) in [6.07, 6.45) is 0.0181. The minimum atomic E-state index is -2.86. The monoisotopic (exact) mass is 599 g/mol. The molecule has 0 aliphatic carbocycles. The molecule has 3 N–H and O–H groups in total. The minimum absolute atomic E-state index is 0.0578. The van der Waals surface area contributed by atoms with E-state index in [1.807, 2.05) is 42.2 Å². The molecule has 3 atom stereocenters. The number of pyridine rings is 1. The molecule has 42 heavy (non-hydrogen) atoms. The number of amides is 2. The van der Waals surface area contributed by atoms with Crippen molar-refractivity contribution < 1.29 is 27.8 Å². The summed E-state index contributed by atoms with van der Waals surface area (Å²) in [6, 6.07) is 9.23. The van der Waals surface area contributed by atoms with Crippen LogP contribution in [-0.4, -0.2) is 72.2 Å². The maximum absolute atomic E-state index is 15.1. The molecule has 3 aromatic rings. The van der Waals surface area contributed by atoms with E-state index in [0.29, 0.717) is 22.7 Å². The lowest BCUT2D eigenvalue weighted by Gasteiger charge is -2.51. The molecule has 3 aliphatic rings. The largest absolute Gasteiger partial charge is 0.491 e. The second-order valence-electron chi connectivity index (χ2n) is 12.5. The summed E-state index contributed by atoms with van der Waals surface area (Å²) in [5.74, 6) is -4.46. The molecule has 224 valence electrons. The standard InChI is InChI=1S/C30H35F2N5O4S/c1-16-5-8-22-24(33)25(42-27(22)34-16)26(38)35-20-9-17-6-7-21(10-23(17)40-15-20)36-11-18-13-37(28(39)41-29(2,3)4)14-19(12-36)30(18,31)32/h5-8,10,18-20H,9,11-15,33H2,1-4H3,(H,35,38). The maximum atomic E-state index is 15.1. The molecule has 2 aromatic heterocycles. The zero-order valence-corrected chi connectivity index (χ0v) is 24.9. The predicted octanol–water partition coefficient (Wildman–Crippen LogP) is 4.86. The maximum Gasteiger partial charge on any atom is 0.410 e. The highest BCUT2D eigenvalue weighted by Crippen LogP contribution is 2.44. The summed E-state index contributed by atoms with van der Waals surface area (Å²) in [6.45, 7) is 7.58. The number of rotatable bonds is 3. The molecule has 6 rings (SSSR count). The van der Waals surface area contributed by atoms with Gasteiger partial charge in [0.2, 0.25) is 0 Å². The van der Waals surface area contributed by atoms with Gasteiger partial charge in [-0.15, -0.1) is 11.3 Å². The number of hydrogen-bond donors (Lipinski definition) is 2. The number of carbonyl (C=O) groups excluding carboxylic acids is 2. The van der Waals surface area contributed by atoms with Gasteiger partial charge in [0.1, 0.15) is 27.7 Å². The van der Waals surface area contributed by atoms with Gasteiger partial charge in [-0.1, -0.05) is 6.07 Å². The van der Waals surface area contributed by atoms with Gasteiger partial charge in [-0.3, -0.25) is 4.79 Å². The first kappa shape index (κ1) is 28.4. The summed E-state index contributed by atoms with van der Waals surface area (Å²) in [5, 5.41) is 3.81. The smallest absolute Gasteiger partial charge is 0.410 e. The molecule has 2 bridgehead atoms. The first-order chi connectivity index (χ1) is 19.8. The van der Waals surface area contributed by atoms with E-state index in [2.05, 4.69) is 10.3 Å². The Bertz CT molecular complexity index is 1540. The Labute approximate surface area is 247 Å². The fourth-order valence-corrected chi connectivity index (χ4v) is 7.04. The quantitative estimate of drug-likeness (QED) is 0.443. The van der Waals surface area contributed by atoms with Gasteiger partial charge >= 0.3 is 6.09 Å². The van der Waals surface area contributed by atoms with Crippen molar-refractivity contribution in [2.45, 2.75) is 51.7 Å². The van der Waals surface area contributed by atoms with Crippen molar-refractivity contribution in [3.8, 4) is 5.75 Å². The third-order valence-corrected chi connectivity index (χ3v) is 9.21. The Morgan fingerprint density at radius 3 is 2.55 bits per heavy atom. The molecule has 2 amide bonds. The second-order valence-corrected chi connectivity index (χ2v) is 13.5. The van der Waals surface area contributed by atoms with Crippen molar-refractivity contribution in [3.63, 3.8) is 0 Å². The lowest BCUT2D eigenvalue weighted by Crippen LogP contribution is -2.64. The Morgan fingerprint density at radius 1 is 1.14 bits per heavy atom. The van der Waals surface area contributed by atoms with Crippen molar-refractivity contribution >= 4 is 44.9 Å². The van der Waals surface area contributed by atoms with E-state index in [-0.39, 0.29) is 44.7 Å². The Kier molecular flexibility index (Phi) is 6.94. The number of ether oxygens (including phenoxy) is 2. The summed E-state index contributed by atoms with van der Waals surface area (Å²) in [7, 11) is 0. The summed E-state index contributed by atoms with van der Waals surface area (Å²) in [5.41, 5.74) is 8.58. The number of halogens is 2. The number of alkyl halides is 2. The van der Waals surface area contributed by atoms with Gasteiger partial charge in [0.05, 0.1) is 23.6 Å². The predicted molar refractivity (Wildman–Crippen MR) is 158 cm³/mol. The van der Waals surface area contributed by atoms with Crippen LogP contribution < -0.4 is 20.7 Å². The average molecular weight is 600 g/mol. The molecule has 5 heterocycles. The number of nitrogens with one attached hydrogen (secondary N) is 1. The zero-order valence-electron chi connectivity index (χ0n) is 24.1. The van der Waals surface area contributed by atoms with E-state index < -0.39 is 29.5 Å². The van der Waals surface area contributed by atoms with Crippen LogP contribution in [0.1, 0.15) is 41.7 Å². The van der Waals surface area contributed by atoms with E-state index in [1.54, 1.807) is 20.8 Å². The number of likely N-dealkylation sites (tertiary alicyclic amines) is 1. The number of piperidine rings is 2. The first-order valence-electron chi connectivity index (χ1n) is 14.1. The molecule has 1 aromatic carbocycles.